The Kier molecular flexibility index (Phi) is 5.33. The summed E-state index contributed by atoms with van der Waals surface area (Å²) in [6, 6.07) is 2.42. The van der Waals surface area contributed by atoms with E-state index in [9.17, 15) is 9.59 Å². The number of thiophene rings is 1. The highest BCUT2D eigenvalue weighted by atomic mass is 32.1. The van der Waals surface area contributed by atoms with Crippen molar-refractivity contribution in [1.82, 2.24) is 9.80 Å². The molecule has 0 radical (unpaired) electrons. The number of hydrogen-bond acceptors (Lipinski definition) is 4. The maximum Gasteiger partial charge on any atom is 0.227 e. The van der Waals surface area contributed by atoms with Crippen LogP contribution in [0, 0.1) is 5.92 Å². The van der Waals surface area contributed by atoms with Crippen molar-refractivity contribution in [3.05, 3.63) is 22.4 Å². The van der Waals surface area contributed by atoms with Crippen molar-refractivity contribution in [2.45, 2.75) is 38.1 Å². The highest BCUT2D eigenvalue weighted by Gasteiger charge is 2.39. The van der Waals surface area contributed by atoms with Gasteiger partial charge in [-0.25, -0.2) is 0 Å². The number of rotatable bonds is 5. The molecule has 23 heavy (non-hydrogen) atoms. The lowest BCUT2D eigenvalue weighted by Gasteiger charge is -2.29. The maximum atomic E-state index is 12.6. The number of likely N-dealkylation sites (tertiary alicyclic amines) is 2. The average Bonchev–Trinajstić information content (AvgIpc) is 3.13. The number of fused-ring (bicyclic) bond motifs is 1. The standard InChI is InChI=1S/C17H25N3O2S/c18-16(21)4-7-19-6-2-1-3-14-10-20(11-15(14)19)17(22)9-13-5-8-23-12-13/h5,8,12,14-15H,1-4,6-7,9-11H2,(H2,18,21)/t14-,15+/m0/s1. The minimum Gasteiger partial charge on any atom is -0.370 e. The van der Waals surface area contributed by atoms with E-state index < -0.39 is 0 Å². The topological polar surface area (TPSA) is 66.6 Å². The fraction of sp³-hybridized carbons (Fsp3) is 0.647. The highest BCUT2D eigenvalue weighted by Crippen LogP contribution is 2.30. The van der Waals surface area contributed by atoms with Crippen LogP contribution in [0.2, 0.25) is 0 Å². The first kappa shape index (κ1) is 16.5. The van der Waals surface area contributed by atoms with E-state index in [1.807, 2.05) is 21.7 Å². The molecule has 0 bridgehead atoms. The largest absolute Gasteiger partial charge is 0.370 e. The van der Waals surface area contributed by atoms with Crippen molar-refractivity contribution >= 4 is 23.2 Å². The van der Waals surface area contributed by atoms with Gasteiger partial charge in [0.1, 0.15) is 0 Å². The molecule has 2 amide bonds. The van der Waals surface area contributed by atoms with Crippen LogP contribution in [0.15, 0.2) is 16.8 Å². The van der Waals surface area contributed by atoms with Gasteiger partial charge in [-0.15, -0.1) is 0 Å². The molecule has 6 heteroatoms. The summed E-state index contributed by atoms with van der Waals surface area (Å²) < 4.78 is 0. The second-order valence-corrected chi connectivity index (χ2v) is 7.46. The molecule has 2 atom stereocenters. The van der Waals surface area contributed by atoms with E-state index >= 15 is 0 Å². The average molecular weight is 335 g/mol. The highest BCUT2D eigenvalue weighted by molar-refractivity contribution is 7.07. The van der Waals surface area contributed by atoms with Crippen molar-refractivity contribution in [2.75, 3.05) is 26.2 Å². The van der Waals surface area contributed by atoms with Gasteiger partial charge in [-0.05, 0) is 47.7 Å². The second-order valence-electron chi connectivity index (χ2n) is 6.68. The van der Waals surface area contributed by atoms with Crippen molar-refractivity contribution in [1.29, 1.82) is 0 Å². The van der Waals surface area contributed by atoms with E-state index in [1.54, 1.807) is 11.3 Å². The van der Waals surface area contributed by atoms with Gasteiger partial charge in [0, 0.05) is 32.1 Å². The molecule has 2 fully saturated rings. The van der Waals surface area contributed by atoms with E-state index in [2.05, 4.69) is 4.90 Å². The number of nitrogens with zero attached hydrogens (tertiary/aromatic N) is 2. The Balaban J connectivity index is 1.62. The molecule has 2 aliphatic rings. The molecule has 3 heterocycles. The van der Waals surface area contributed by atoms with Crippen molar-refractivity contribution in [2.24, 2.45) is 11.7 Å². The predicted molar refractivity (Wildman–Crippen MR) is 91.1 cm³/mol. The van der Waals surface area contributed by atoms with Crippen molar-refractivity contribution < 1.29 is 9.59 Å². The van der Waals surface area contributed by atoms with E-state index in [0.29, 0.717) is 24.8 Å². The van der Waals surface area contributed by atoms with Gasteiger partial charge in [-0.2, -0.15) is 11.3 Å². The molecule has 1 aromatic heterocycles. The molecule has 0 spiro atoms. The third-order valence-corrected chi connectivity index (χ3v) is 5.81. The molecule has 2 saturated heterocycles. The van der Waals surface area contributed by atoms with Gasteiger partial charge in [0.25, 0.3) is 0 Å². The van der Waals surface area contributed by atoms with Gasteiger partial charge in [0.05, 0.1) is 6.42 Å². The fourth-order valence-electron chi connectivity index (χ4n) is 3.85. The van der Waals surface area contributed by atoms with Crippen molar-refractivity contribution in [3.8, 4) is 0 Å². The number of hydrogen-bond donors (Lipinski definition) is 1. The van der Waals surface area contributed by atoms with Gasteiger partial charge >= 0.3 is 0 Å². The van der Waals surface area contributed by atoms with Crippen LogP contribution in [0.1, 0.15) is 31.2 Å². The molecule has 3 rings (SSSR count). The molecular weight excluding hydrogens is 310 g/mol. The summed E-state index contributed by atoms with van der Waals surface area (Å²) in [5, 5.41) is 4.06. The van der Waals surface area contributed by atoms with Crippen LogP contribution in [0.4, 0.5) is 0 Å². The van der Waals surface area contributed by atoms with Gasteiger partial charge in [0.15, 0.2) is 0 Å². The normalized spacial score (nSPS) is 25.1. The smallest absolute Gasteiger partial charge is 0.227 e. The van der Waals surface area contributed by atoms with Crippen LogP contribution in [-0.2, 0) is 16.0 Å². The van der Waals surface area contributed by atoms with E-state index in [1.165, 1.54) is 19.3 Å². The Morgan fingerprint density at radius 3 is 2.91 bits per heavy atom. The molecule has 0 unspecified atom stereocenters. The second kappa shape index (κ2) is 7.45. The molecule has 0 aliphatic carbocycles. The minimum absolute atomic E-state index is 0.228. The summed E-state index contributed by atoms with van der Waals surface area (Å²) >= 11 is 1.63. The third kappa shape index (κ3) is 4.12. The first-order chi connectivity index (χ1) is 11.1. The van der Waals surface area contributed by atoms with E-state index in [4.69, 9.17) is 5.73 Å². The summed E-state index contributed by atoms with van der Waals surface area (Å²) in [4.78, 5) is 28.1. The van der Waals surface area contributed by atoms with E-state index in [0.717, 1.165) is 31.7 Å². The quantitative estimate of drug-likeness (QED) is 0.886. The van der Waals surface area contributed by atoms with Crippen LogP contribution in [0.25, 0.3) is 0 Å². The van der Waals surface area contributed by atoms with E-state index in [-0.39, 0.29) is 11.8 Å². The number of carbonyl (C=O) groups is 2. The monoisotopic (exact) mass is 335 g/mol. The minimum atomic E-state index is -0.241. The first-order valence-electron chi connectivity index (χ1n) is 8.44. The van der Waals surface area contributed by atoms with Gasteiger partial charge < -0.3 is 10.6 Å². The lowest BCUT2D eigenvalue weighted by Crippen LogP contribution is -2.42. The van der Waals surface area contributed by atoms with Gasteiger partial charge in [-0.3, -0.25) is 14.5 Å². The van der Waals surface area contributed by atoms with Crippen molar-refractivity contribution in [3.63, 3.8) is 0 Å². The molecule has 2 N–H and O–H groups in total. The Morgan fingerprint density at radius 2 is 2.17 bits per heavy atom. The fourth-order valence-corrected chi connectivity index (χ4v) is 4.52. The molecule has 126 valence electrons. The van der Waals surface area contributed by atoms with Crippen LogP contribution in [-0.4, -0.2) is 53.8 Å². The Labute approximate surface area is 141 Å². The molecular formula is C17H25N3O2S. The third-order valence-electron chi connectivity index (χ3n) is 5.08. The summed E-state index contributed by atoms with van der Waals surface area (Å²) in [6.07, 6.45) is 4.48. The number of amides is 2. The Morgan fingerprint density at radius 1 is 1.30 bits per heavy atom. The van der Waals surface area contributed by atoms with Crippen LogP contribution >= 0.6 is 11.3 Å². The first-order valence-corrected chi connectivity index (χ1v) is 9.39. The number of carbonyl (C=O) groups excluding carboxylic acids is 2. The summed E-state index contributed by atoms with van der Waals surface area (Å²) in [5.41, 5.74) is 6.42. The number of nitrogens with two attached hydrogens (primary N) is 1. The molecule has 1 aromatic rings. The Bertz CT molecular complexity index is 546. The summed E-state index contributed by atoms with van der Waals surface area (Å²) in [5.74, 6) is 0.525. The Hall–Kier alpha value is -1.40. The SMILES string of the molecule is NC(=O)CCN1CCCC[C@H]2CN(C(=O)Cc3ccsc3)C[C@H]21. The van der Waals surface area contributed by atoms with Crippen LogP contribution < -0.4 is 5.73 Å². The molecule has 2 aliphatic heterocycles. The zero-order valence-electron chi connectivity index (χ0n) is 13.4. The number of primary amides is 1. The maximum absolute atomic E-state index is 12.6. The molecule has 5 nitrogen and oxygen atoms in total. The lowest BCUT2D eigenvalue weighted by molar-refractivity contribution is -0.129. The van der Waals surface area contributed by atoms with Gasteiger partial charge in [0.2, 0.25) is 11.8 Å². The lowest BCUT2D eigenvalue weighted by atomic mass is 9.98. The zero-order valence-corrected chi connectivity index (χ0v) is 14.3. The van der Waals surface area contributed by atoms with Crippen LogP contribution in [0.3, 0.4) is 0 Å². The molecule has 0 saturated carbocycles. The molecule has 0 aromatic carbocycles. The van der Waals surface area contributed by atoms with Gasteiger partial charge in [-0.1, -0.05) is 6.42 Å². The van der Waals surface area contributed by atoms with Crippen LogP contribution in [0.5, 0.6) is 0 Å². The summed E-state index contributed by atoms with van der Waals surface area (Å²) in [6.45, 7) is 3.40. The summed E-state index contributed by atoms with van der Waals surface area (Å²) in [7, 11) is 0. The predicted octanol–water partition coefficient (Wildman–Crippen LogP) is 1.48. The zero-order chi connectivity index (χ0) is 16.2.